The minimum Gasteiger partial charge on any atom is -0.486 e. The van der Waals surface area contributed by atoms with Crippen molar-refractivity contribution in [2.45, 2.75) is 13.5 Å². The molecule has 0 spiro atoms. The fourth-order valence-electron chi connectivity index (χ4n) is 2.42. The number of aryl methyl sites for hydroxylation is 1. The Kier molecular flexibility index (Phi) is 3.17. The maximum absolute atomic E-state index is 9.16. The molecule has 100 valence electrons. The van der Waals surface area contributed by atoms with Crippen LogP contribution in [0.2, 0.25) is 0 Å². The van der Waals surface area contributed by atoms with Crippen molar-refractivity contribution < 1.29 is 14.6 Å². The van der Waals surface area contributed by atoms with Gasteiger partial charge in [0, 0.05) is 23.5 Å². The van der Waals surface area contributed by atoms with E-state index in [9.17, 15) is 0 Å². The van der Waals surface area contributed by atoms with E-state index in [4.69, 9.17) is 14.6 Å². The van der Waals surface area contributed by atoms with Crippen molar-refractivity contribution in [1.82, 2.24) is 4.57 Å². The highest BCUT2D eigenvalue weighted by atomic mass is 16.6. The molecular formula is C15H17NO3. The number of aromatic nitrogens is 1. The lowest BCUT2D eigenvalue weighted by Crippen LogP contribution is -2.15. The number of benzene rings is 1. The Morgan fingerprint density at radius 2 is 1.89 bits per heavy atom. The maximum Gasteiger partial charge on any atom is 0.162 e. The molecule has 0 bridgehead atoms. The molecule has 2 heterocycles. The van der Waals surface area contributed by atoms with Gasteiger partial charge < -0.3 is 19.1 Å². The zero-order valence-electron chi connectivity index (χ0n) is 10.9. The van der Waals surface area contributed by atoms with Gasteiger partial charge in [-0.15, -0.1) is 0 Å². The molecule has 0 radical (unpaired) electrons. The van der Waals surface area contributed by atoms with Crippen molar-refractivity contribution in [1.29, 1.82) is 0 Å². The van der Waals surface area contributed by atoms with Gasteiger partial charge in [-0.05, 0) is 37.3 Å². The van der Waals surface area contributed by atoms with E-state index in [0.717, 1.165) is 28.5 Å². The van der Waals surface area contributed by atoms with Crippen molar-refractivity contribution in [3.63, 3.8) is 0 Å². The van der Waals surface area contributed by atoms with E-state index in [1.807, 2.05) is 25.1 Å². The van der Waals surface area contributed by atoms with Crippen LogP contribution >= 0.6 is 0 Å². The molecule has 1 N–H and O–H groups in total. The highest BCUT2D eigenvalue weighted by molar-refractivity contribution is 5.65. The molecule has 1 aromatic carbocycles. The quantitative estimate of drug-likeness (QED) is 0.919. The molecule has 1 aliphatic rings. The van der Waals surface area contributed by atoms with E-state index >= 15 is 0 Å². The molecule has 0 atom stereocenters. The molecular weight excluding hydrogens is 242 g/mol. The van der Waals surface area contributed by atoms with E-state index in [-0.39, 0.29) is 6.61 Å². The van der Waals surface area contributed by atoms with Gasteiger partial charge >= 0.3 is 0 Å². The lowest BCUT2D eigenvalue weighted by atomic mass is 10.1. The number of rotatable bonds is 3. The smallest absolute Gasteiger partial charge is 0.162 e. The topological polar surface area (TPSA) is 43.6 Å². The molecule has 3 rings (SSSR count). The van der Waals surface area contributed by atoms with Crippen LogP contribution in [0.1, 0.15) is 5.69 Å². The number of nitrogens with zero attached hydrogens (tertiary/aromatic N) is 1. The zero-order valence-corrected chi connectivity index (χ0v) is 10.9. The molecule has 4 heteroatoms. The Bertz CT molecular complexity index is 589. The van der Waals surface area contributed by atoms with Crippen LogP contribution < -0.4 is 9.47 Å². The number of aliphatic hydroxyl groups is 1. The highest BCUT2D eigenvalue weighted by Gasteiger charge is 2.14. The minimum absolute atomic E-state index is 0.132. The fourth-order valence-corrected chi connectivity index (χ4v) is 2.42. The Morgan fingerprint density at radius 3 is 2.68 bits per heavy atom. The molecule has 4 nitrogen and oxygen atoms in total. The summed E-state index contributed by atoms with van der Waals surface area (Å²) in [5.74, 6) is 1.59. The predicted molar refractivity (Wildman–Crippen MR) is 72.7 cm³/mol. The van der Waals surface area contributed by atoms with Crippen LogP contribution in [0.5, 0.6) is 11.5 Å². The van der Waals surface area contributed by atoms with Gasteiger partial charge in [-0.1, -0.05) is 0 Å². The van der Waals surface area contributed by atoms with Gasteiger partial charge in [-0.3, -0.25) is 0 Å². The number of hydrogen-bond acceptors (Lipinski definition) is 3. The number of hydrogen-bond donors (Lipinski definition) is 1. The van der Waals surface area contributed by atoms with Crippen LogP contribution in [0.15, 0.2) is 30.3 Å². The van der Waals surface area contributed by atoms with E-state index in [0.29, 0.717) is 19.8 Å². The summed E-state index contributed by atoms with van der Waals surface area (Å²) >= 11 is 0. The summed E-state index contributed by atoms with van der Waals surface area (Å²) in [6, 6.07) is 10.1. The van der Waals surface area contributed by atoms with Crippen LogP contribution in [-0.4, -0.2) is 29.5 Å². The van der Waals surface area contributed by atoms with Gasteiger partial charge in [0.05, 0.1) is 6.61 Å². The van der Waals surface area contributed by atoms with Crippen LogP contribution in [0, 0.1) is 6.92 Å². The lowest BCUT2D eigenvalue weighted by molar-refractivity contribution is 0.171. The molecule has 0 amide bonds. The van der Waals surface area contributed by atoms with Gasteiger partial charge in [-0.2, -0.15) is 0 Å². The van der Waals surface area contributed by atoms with E-state index in [1.165, 1.54) is 0 Å². The number of aliphatic hydroxyl groups excluding tert-OH is 1. The summed E-state index contributed by atoms with van der Waals surface area (Å²) < 4.78 is 13.2. The average Bonchev–Trinajstić information content (AvgIpc) is 2.80. The molecule has 1 aliphatic heterocycles. The van der Waals surface area contributed by atoms with Crippen molar-refractivity contribution >= 4 is 0 Å². The second-order valence-electron chi connectivity index (χ2n) is 4.59. The van der Waals surface area contributed by atoms with Crippen molar-refractivity contribution in [3.05, 3.63) is 36.0 Å². The van der Waals surface area contributed by atoms with Crippen LogP contribution in [-0.2, 0) is 6.54 Å². The monoisotopic (exact) mass is 259 g/mol. The molecule has 19 heavy (non-hydrogen) atoms. The Morgan fingerprint density at radius 1 is 1.11 bits per heavy atom. The molecule has 0 saturated carbocycles. The summed E-state index contributed by atoms with van der Waals surface area (Å²) in [6.07, 6.45) is 0. The molecule has 1 aromatic heterocycles. The second kappa shape index (κ2) is 4.97. The Hall–Kier alpha value is -1.94. The number of ether oxygens (including phenoxy) is 2. The third kappa shape index (κ3) is 2.19. The fraction of sp³-hybridized carbons (Fsp3) is 0.333. The van der Waals surface area contributed by atoms with E-state index < -0.39 is 0 Å². The van der Waals surface area contributed by atoms with E-state index in [2.05, 4.69) is 16.7 Å². The largest absolute Gasteiger partial charge is 0.486 e. The zero-order chi connectivity index (χ0) is 13.2. The Labute approximate surface area is 112 Å². The minimum atomic E-state index is 0.132. The third-order valence-corrected chi connectivity index (χ3v) is 3.36. The standard InChI is InChI=1S/C15H17NO3/c1-11-2-4-13(16(11)6-7-17)12-3-5-14-15(10-12)19-9-8-18-14/h2-5,10,17H,6-9H2,1H3. The summed E-state index contributed by atoms with van der Waals surface area (Å²) in [6.45, 7) is 3.96. The first-order valence-corrected chi connectivity index (χ1v) is 6.46. The first-order chi connectivity index (χ1) is 9.29. The molecule has 0 unspecified atom stereocenters. The highest BCUT2D eigenvalue weighted by Crippen LogP contribution is 2.35. The first-order valence-electron chi connectivity index (χ1n) is 6.46. The van der Waals surface area contributed by atoms with Gasteiger partial charge in [-0.25, -0.2) is 0 Å². The second-order valence-corrected chi connectivity index (χ2v) is 4.59. The molecule has 0 saturated heterocycles. The van der Waals surface area contributed by atoms with Crippen molar-refractivity contribution in [2.75, 3.05) is 19.8 Å². The Balaban J connectivity index is 2.02. The van der Waals surface area contributed by atoms with E-state index in [1.54, 1.807) is 0 Å². The SMILES string of the molecule is Cc1ccc(-c2ccc3c(c2)OCCO3)n1CCO. The first kappa shape index (κ1) is 12.1. The van der Waals surface area contributed by atoms with Crippen molar-refractivity contribution in [2.24, 2.45) is 0 Å². The third-order valence-electron chi connectivity index (χ3n) is 3.36. The number of fused-ring (bicyclic) bond motifs is 1. The van der Waals surface area contributed by atoms with Gasteiger partial charge in [0.15, 0.2) is 11.5 Å². The predicted octanol–water partition coefficient (Wildman–Crippen LogP) is 2.23. The van der Waals surface area contributed by atoms with Gasteiger partial charge in [0.25, 0.3) is 0 Å². The van der Waals surface area contributed by atoms with Crippen LogP contribution in [0.4, 0.5) is 0 Å². The van der Waals surface area contributed by atoms with Gasteiger partial charge in [0.1, 0.15) is 13.2 Å². The molecule has 0 fully saturated rings. The van der Waals surface area contributed by atoms with Crippen molar-refractivity contribution in [3.8, 4) is 22.8 Å². The summed E-state index contributed by atoms with van der Waals surface area (Å²) in [5, 5.41) is 9.16. The molecule has 0 aliphatic carbocycles. The molecule has 2 aromatic rings. The maximum atomic E-state index is 9.16. The normalized spacial score (nSPS) is 13.6. The van der Waals surface area contributed by atoms with Crippen LogP contribution in [0.25, 0.3) is 11.3 Å². The van der Waals surface area contributed by atoms with Gasteiger partial charge in [0.2, 0.25) is 0 Å². The summed E-state index contributed by atoms with van der Waals surface area (Å²) in [4.78, 5) is 0. The van der Waals surface area contributed by atoms with Crippen LogP contribution in [0.3, 0.4) is 0 Å². The average molecular weight is 259 g/mol. The summed E-state index contributed by atoms with van der Waals surface area (Å²) in [5.41, 5.74) is 3.30. The lowest BCUT2D eigenvalue weighted by Gasteiger charge is -2.19. The summed E-state index contributed by atoms with van der Waals surface area (Å²) in [7, 11) is 0.